The van der Waals surface area contributed by atoms with Crippen LogP contribution in [0.4, 0.5) is 0 Å². The molecule has 3 nitrogen and oxygen atoms in total. The van der Waals surface area contributed by atoms with Gasteiger partial charge in [0.1, 0.15) is 11.4 Å². The average Bonchev–Trinajstić information content (AvgIpc) is 2.63. The van der Waals surface area contributed by atoms with Gasteiger partial charge in [-0.2, -0.15) is 0 Å². The van der Waals surface area contributed by atoms with Crippen LogP contribution in [0.5, 0.6) is 0 Å². The van der Waals surface area contributed by atoms with Gasteiger partial charge in [0.25, 0.3) is 0 Å². The third-order valence-electron chi connectivity index (χ3n) is 4.84. The zero-order valence-electron chi connectivity index (χ0n) is 15.7. The molecule has 1 rings (SSSR count). The maximum atomic E-state index is 9.91. The fourth-order valence-electron chi connectivity index (χ4n) is 3.23. The lowest BCUT2D eigenvalue weighted by Crippen LogP contribution is -2.37. The van der Waals surface area contributed by atoms with E-state index in [0.717, 1.165) is 36.0 Å². The molecule has 0 saturated carbocycles. The molecular weight excluding hydrogens is 292 g/mol. The molecule has 1 unspecified atom stereocenters. The molecule has 0 saturated heterocycles. The molecule has 128 valence electrons. The Kier molecular flexibility index (Phi) is 6.48. The summed E-state index contributed by atoms with van der Waals surface area (Å²) < 4.78 is 12.1. The quantitative estimate of drug-likeness (QED) is 0.673. The van der Waals surface area contributed by atoms with Crippen molar-refractivity contribution in [1.29, 1.82) is 0 Å². The first-order valence-corrected chi connectivity index (χ1v) is 12.1. The highest BCUT2D eigenvalue weighted by molar-refractivity contribution is 6.76. The van der Waals surface area contributed by atoms with Crippen molar-refractivity contribution in [2.24, 2.45) is 5.92 Å². The van der Waals surface area contributed by atoms with E-state index in [2.05, 4.69) is 40.4 Å². The summed E-state index contributed by atoms with van der Waals surface area (Å²) in [7, 11) is 0.567. The molecule has 0 aromatic rings. The monoisotopic (exact) mass is 326 g/mol. The minimum absolute atomic E-state index is 0.0159. The predicted molar refractivity (Wildman–Crippen MR) is 95.8 cm³/mol. The molecule has 2 atom stereocenters. The van der Waals surface area contributed by atoms with E-state index in [1.807, 2.05) is 6.92 Å². The second-order valence-electron chi connectivity index (χ2n) is 7.71. The van der Waals surface area contributed by atoms with E-state index in [-0.39, 0.29) is 6.61 Å². The standard InChI is InChI=1S/C18H34O3Si/c1-9-13(2)16-17(20-5)14(3)15(12-19)18(16,4)21-10-11-22(6,7)8/h13,19H,9-12H2,1-8H3/t13-,18?/m0/s1. The smallest absolute Gasteiger partial charge is 0.124 e. The lowest BCUT2D eigenvalue weighted by molar-refractivity contribution is 0.0187. The van der Waals surface area contributed by atoms with Gasteiger partial charge in [0.2, 0.25) is 0 Å². The number of hydrogen-bond donors (Lipinski definition) is 1. The number of methoxy groups -OCH3 is 1. The van der Waals surface area contributed by atoms with Crippen LogP contribution in [0.15, 0.2) is 22.5 Å². The molecule has 0 aromatic heterocycles. The number of allylic oxidation sites excluding steroid dienone is 1. The molecule has 0 bridgehead atoms. The predicted octanol–water partition coefficient (Wildman–Crippen LogP) is 4.37. The lowest BCUT2D eigenvalue weighted by atomic mass is 9.83. The number of aliphatic hydroxyl groups is 1. The third kappa shape index (κ3) is 3.84. The molecule has 0 heterocycles. The Morgan fingerprint density at radius 2 is 1.86 bits per heavy atom. The molecule has 4 heteroatoms. The van der Waals surface area contributed by atoms with E-state index in [9.17, 15) is 5.11 Å². The summed E-state index contributed by atoms with van der Waals surface area (Å²) in [5.41, 5.74) is 2.65. The SMILES string of the molecule is CC[C@H](C)C1=C(OC)C(C)=C(CO)C1(C)OCC[Si](C)(C)C. The zero-order chi connectivity index (χ0) is 17.1. The van der Waals surface area contributed by atoms with Gasteiger partial charge in [-0.05, 0) is 43.4 Å². The van der Waals surface area contributed by atoms with Gasteiger partial charge in [-0.25, -0.2) is 0 Å². The number of aliphatic hydroxyl groups excluding tert-OH is 1. The summed E-state index contributed by atoms with van der Waals surface area (Å²) in [6.07, 6.45) is 1.03. The molecule has 1 aliphatic carbocycles. The first kappa shape index (κ1) is 19.5. The maximum absolute atomic E-state index is 9.91. The first-order chi connectivity index (χ1) is 10.1. The Morgan fingerprint density at radius 3 is 2.27 bits per heavy atom. The Morgan fingerprint density at radius 1 is 1.27 bits per heavy atom. The van der Waals surface area contributed by atoms with Gasteiger partial charge < -0.3 is 14.6 Å². The highest BCUT2D eigenvalue weighted by Gasteiger charge is 2.45. The van der Waals surface area contributed by atoms with Gasteiger partial charge in [-0.1, -0.05) is 33.5 Å². The summed E-state index contributed by atoms with van der Waals surface area (Å²) in [6.45, 7) is 16.3. The molecule has 0 spiro atoms. The fraction of sp³-hybridized carbons (Fsp3) is 0.778. The minimum atomic E-state index is -1.14. The zero-order valence-corrected chi connectivity index (χ0v) is 16.7. The molecule has 0 radical (unpaired) electrons. The Balaban J connectivity index is 3.17. The van der Waals surface area contributed by atoms with Crippen molar-refractivity contribution in [2.45, 2.75) is 65.4 Å². The highest BCUT2D eigenvalue weighted by Crippen LogP contribution is 2.47. The van der Waals surface area contributed by atoms with E-state index in [4.69, 9.17) is 9.47 Å². The van der Waals surface area contributed by atoms with Crippen LogP contribution in [0.1, 0.15) is 34.1 Å². The molecule has 22 heavy (non-hydrogen) atoms. The highest BCUT2D eigenvalue weighted by atomic mass is 28.3. The van der Waals surface area contributed by atoms with E-state index < -0.39 is 13.7 Å². The van der Waals surface area contributed by atoms with Gasteiger partial charge in [-0.15, -0.1) is 0 Å². The van der Waals surface area contributed by atoms with Gasteiger partial charge in [0.15, 0.2) is 0 Å². The van der Waals surface area contributed by atoms with Crippen LogP contribution in [0, 0.1) is 5.92 Å². The van der Waals surface area contributed by atoms with E-state index in [1.54, 1.807) is 7.11 Å². The molecule has 0 fully saturated rings. The lowest BCUT2D eigenvalue weighted by Gasteiger charge is -2.35. The number of hydrogen-bond acceptors (Lipinski definition) is 3. The largest absolute Gasteiger partial charge is 0.496 e. The van der Waals surface area contributed by atoms with Gasteiger partial charge in [0, 0.05) is 20.3 Å². The van der Waals surface area contributed by atoms with Crippen LogP contribution < -0.4 is 0 Å². The van der Waals surface area contributed by atoms with Crippen molar-refractivity contribution in [2.75, 3.05) is 20.3 Å². The average molecular weight is 327 g/mol. The van der Waals surface area contributed by atoms with E-state index >= 15 is 0 Å². The van der Waals surface area contributed by atoms with Crippen molar-refractivity contribution in [3.8, 4) is 0 Å². The molecular formula is C18H34O3Si. The van der Waals surface area contributed by atoms with Crippen LogP contribution in [-0.2, 0) is 9.47 Å². The second kappa shape index (κ2) is 7.32. The van der Waals surface area contributed by atoms with Crippen molar-refractivity contribution >= 4 is 8.07 Å². The third-order valence-corrected chi connectivity index (χ3v) is 6.54. The van der Waals surface area contributed by atoms with Crippen molar-refractivity contribution in [3.05, 3.63) is 22.5 Å². The summed E-state index contributed by atoms with van der Waals surface area (Å²) in [4.78, 5) is 0. The molecule has 1 N–H and O–H groups in total. The Labute approximate surface area is 137 Å². The maximum Gasteiger partial charge on any atom is 0.124 e. The van der Waals surface area contributed by atoms with Crippen LogP contribution in [0.25, 0.3) is 0 Å². The topological polar surface area (TPSA) is 38.7 Å². The summed E-state index contributed by atoms with van der Waals surface area (Å²) in [5.74, 6) is 1.28. The minimum Gasteiger partial charge on any atom is -0.496 e. The van der Waals surface area contributed by atoms with Crippen LogP contribution in [-0.4, -0.2) is 39.1 Å². The summed E-state index contributed by atoms with van der Waals surface area (Å²) >= 11 is 0. The van der Waals surface area contributed by atoms with E-state index in [0.29, 0.717) is 5.92 Å². The van der Waals surface area contributed by atoms with Crippen LogP contribution >= 0.6 is 0 Å². The van der Waals surface area contributed by atoms with Crippen molar-refractivity contribution in [3.63, 3.8) is 0 Å². The number of ether oxygens (including phenoxy) is 2. The fourth-order valence-corrected chi connectivity index (χ4v) is 3.95. The first-order valence-electron chi connectivity index (χ1n) is 8.36. The molecule has 0 amide bonds. The van der Waals surface area contributed by atoms with Crippen LogP contribution in [0.3, 0.4) is 0 Å². The van der Waals surface area contributed by atoms with E-state index in [1.165, 1.54) is 5.57 Å². The summed E-state index contributed by atoms with van der Waals surface area (Å²) in [6, 6.07) is 1.12. The Hall–Kier alpha value is -0.583. The van der Waals surface area contributed by atoms with Crippen molar-refractivity contribution < 1.29 is 14.6 Å². The van der Waals surface area contributed by atoms with Crippen molar-refractivity contribution in [1.82, 2.24) is 0 Å². The van der Waals surface area contributed by atoms with Crippen LogP contribution in [0.2, 0.25) is 25.7 Å². The molecule has 0 aromatic carbocycles. The normalized spacial score (nSPS) is 24.2. The Bertz CT molecular complexity index is 459. The number of rotatable bonds is 8. The second-order valence-corrected chi connectivity index (χ2v) is 13.3. The summed E-state index contributed by atoms with van der Waals surface area (Å²) in [5, 5.41) is 9.91. The molecule has 1 aliphatic rings. The molecule has 0 aliphatic heterocycles. The van der Waals surface area contributed by atoms with Gasteiger partial charge in [-0.3, -0.25) is 0 Å². The van der Waals surface area contributed by atoms with Gasteiger partial charge in [0.05, 0.1) is 13.7 Å². The van der Waals surface area contributed by atoms with Gasteiger partial charge >= 0.3 is 0 Å².